The summed E-state index contributed by atoms with van der Waals surface area (Å²) < 4.78 is 0. The molecule has 0 spiro atoms. The Kier molecular flexibility index (Phi) is 5.23. The third kappa shape index (κ3) is 3.22. The van der Waals surface area contributed by atoms with E-state index in [9.17, 15) is 0 Å². The van der Waals surface area contributed by atoms with Crippen LogP contribution in [0.4, 0.5) is 0 Å². The summed E-state index contributed by atoms with van der Waals surface area (Å²) >= 11 is 0. The highest BCUT2D eigenvalue weighted by Gasteiger charge is 2.18. The van der Waals surface area contributed by atoms with Crippen LogP contribution in [0.2, 0.25) is 0 Å². The Hall–Kier alpha value is -2.58. The molecule has 0 fully saturated rings. The fraction of sp³-hybridized carbons (Fsp3) is 0.308. The van der Waals surface area contributed by atoms with Crippen molar-refractivity contribution < 1.29 is 0 Å². The van der Waals surface area contributed by atoms with Crippen LogP contribution in [0.25, 0.3) is 32.9 Å². The molecule has 0 radical (unpaired) electrons. The predicted molar refractivity (Wildman–Crippen MR) is 122 cm³/mol. The smallest absolute Gasteiger partial charge is 0.0503 e. The first-order valence-corrected chi connectivity index (χ1v) is 10.4. The number of hydrogen-bond acceptors (Lipinski definition) is 1. The minimum absolute atomic E-state index is 0.488. The Morgan fingerprint density at radius 2 is 1.61 bits per heavy atom. The molecule has 4 aromatic rings. The molecule has 144 valence electrons. The Morgan fingerprint density at radius 1 is 0.857 bits per heavy atom. The number of nitrogens with two attached hydrogens (primary N) is 1. The number of H-pyrrole nitrogens is 1. The lowest BCUT2D eigenvalue weighted by molar-refractivity contribution is 0.748. The van der Waals surface area contributed by atoms with Gasteiger partial charge in [0.25, 0.3) is 0 Å². The second kappa shape index (κ2) is 7.81. The van der Waals surface area contributed by atoms with Gasteiger partial charge in [-0.25, -0.2) is 0 Å². The van der Waals surface area contributed by atoms with E-state index in [1.54, 1.807) is 0 Å². The summed E-state index contributed by atoms with van der Waals surface area (Å²) in [4.78, 5) is 3.84. The van der Waals surface area contributed by atoms with Gasteiger partial charge in [-0.15, -0.1) is 0 Å². The van der Waals surface area contributed by atoms with Crippen molar-refractivity contribution in [2.45, 2.75) is 46.0 Å². The molecule has 2 heteroatoms. The third-order valence-electron chi connectivity index (χ3n) is 5.89. The minimum Gasteiger partial charge on any atom is -0.354 e. The first kappa shape index (κ1) is 18.8. The van der Waals surface area contributed by atoms with Crippen molar-refractivity contribution in [3.63, 3.8) is 0 Å². The van der Waals surface area contributed by atoms with Crippen LogP contribution in [-0.2, 0) is 6.42 Å². The van der Waals surface area contributed by atoms with Gasteiger partial charge in [0.1, 0.15) is 0 Å². The molecule has 0 saturated carbocycles. The van der Waals surface area contributed by atoms with Gasteiger partial charge < -0.3 is 10.7 Å². The van der Waals surface area contributed by atoms with Crippen LogP contribution >= 0.6 is 0 Å². The molecular weight excluding hydrogens is 340 g/mol. The summed E-state index contributed by atoms with van der Waals surface area (Å²) in [5.74, 6) is 0.488. The highest BCUT2D eigenvalue weighted by molar-refractivity contribution is 6.02. The van der Waals surface area contributed by atoms with Crippen molar-refractivity contribution in [1.29, 1.82) is 0 Å². The fourth-order valence-electron chi connectivity index (χ4n) is 4.38. The summed E-state index contributed by atoms with van der Waals surface area (Å²) in [6.45, 7) is 7.48. The molecule has 0 atom stereocenters. The van der Waals surface area contributed by atoms with Crippen LogP contribution in [0.15, 0.2) is 54.6 Å². The average Bonchev–Trinajstić information content (AvgIpc) is 3.07. The van der Waals surface area contributed by atoms with Crippen molar-refractivity contribution >= 4 is 21.7 Å². The first-order valence-electron chi connectivity index (χ1n) is 10.4. The van der Waals surface area contributed by atoms with Crippen LogP contribution in [0.5, 0.6) is 0 Å². The zero-order chi connectivity index (χ0) is 19.7. The Balaban J connectivity index is 1.99. The molecule has 3 N–H and O–H groups in total. The molecule has 0 aliphatic rings. The lowest BCUT2D eigenvalue weighted by atomic mass is 9.94. The number of para-hydroxylation sites is 1. The zero-order valence-electron chi connectivity index (χ0n) is 17.2. The highest BCUT2D eigenvalue weighted by atomic mass is 14.7. The summed E-state index contributed by atoms with van der Waals surface area (Å²) in [6, 6.07) is 20.0. The van der Waals surface area contributed by atoms with Crippen LogP contribution in [0, 0.1) is 6.92 Å². The van der Waals surface area contributed by atoms with Crippen molar-refractivity contribution in [1.82, 2.24) is 4.98 Å². The highest BCUT2D eigenvalue weighted by Crippen LogP contribution is 2.38. The van der Waals surface area contributed by atoms with Crippen molar-refractivity contribution in [2.24, 2.45) is 5.73 Å². The van der Waals surface area contributed by atoms with E-state index in [0.29, 0.717) is 5.92 Å². The normalized spacial score (nSPS) is 11.8. The molecule has 0 aliphatic heterocycles. The monoisotopic (exact) mass is 370 g/mol. The van der Waals surface area contributed by atoms with Crippen LogP contribution < -0.4 is 5.73 Å². The molecule has 0 bridgehead atoms. The van der Waals surface area contributed by atoms with Crippen molar-refractivity contribution in [3.8, 4) is 11.3 Å². The number of nitrogens with one attached hydrogen (secondary N) is 1. The van der Waals surface area contributed by atoms with E-state index in [2.05, 4.69) is 80.4 Å². The van der Waals surface area contributed by atoms with Crippen molar-refractivity contribution in [2.75, 3.05) is 6.54 Å². The van der Waals surface area contributed by atoms with E-state index in [1.165, 1.54) is 49.6 Å². The van der Waals surface area contributed by atoms with E-state index in [-0.39, 0.29) is 0 Å². The molecule has 0 unspecified atom stereocenters. The number of aromatic amines is 1. The molecule has 4 rings (SSSR count). The second-order valence-electron chi connectivity index (χ2n) is 8.12. The van der Waals surface area contributed by atoms with Gasteiger partial charge in [0.15, 0.2) is 0 Å². The van der Waals surface area contributed by atoms with E-state index in [0.717, 1.165) is 25.8 Å². The molecule has 3 aromatic carbocycles. The minimum atomic E-state index is 0.488. The topological polar surface area (TPSA) is 41.8 Å². The Bertz CT molecular complexity index is 1120. The van der Waals surface area contributed by atoms with Gasteiger partial charge in [0.05, 0.1) is 5.69 Å². The molecule has 0 amide bonds. The molecule has 2 nitrogen and oxygen atoms in total. The summed E-state index contributed by atoms with van der Waals surface area (Å²) in [7, 11) is 0. The van der Waals surface area contributed by atoms with Gasteiger partial charge in [0, 0.05) is 16.5 Å². The van der Waals surface area contributed by atoms with Gasteiger partial charge in [0.2, 0.25) is 0 Å². The molecular formula is C26H30N2. The predicted octanol–water partition coefficient (Wildman–Crippen LogP) is 6.70. The van der Waals surface area contributed by atoms with Gasteiger partial charge in [-0.05, 0) is 66.1 Å². The van der Waals surface area contributed by atoms with Gasteiger partial charge >= 0.3 is 0 Å². The van der Waals surface area contributed by atoms with Crippen LogP contribution in [-0.4, -0.2) is 11.5 Å². The van der Waals surface area contributed by atoms with Crippen molar-refractivity contribution in [3.05, 3.63) is 71.3 Å². The lowest BCUT2D eigenvalue weighted by Crippen LogP contribution is -1.99. The van der Waals surface area contributed by atoms with E-state index in [1.807, 2.05) is 0 Å². The second-order valence-corrected chi connectivity index (χ2v) is 8.12. The quantitative estimate of drug-likeness (QED) is 0.364. The number of benzene rings is 3. The van der Waals surface area contributed by atoms with Crippen LogP contribution in [0.1, 0.15) is 49.3 Å². The Labute approximate surface area is 167 Å². The number of aromatic nitrogens is 1. The number of unbranched alkanes of at least 4 members (excludes halogenated alkanes) is 1. The summed E-state index contributed by atoms with van der Waals surface area (Å²) in [5.41, 5.74) is 13.8. The maximum absolute atomic E-state index is 5.78. The Morgan fingerprint density at radius 3 is 2.36 bits per heavy atom. The van der Waals surface area contributed by atoms with Gasteiger partial charge in [-0.2, -0.15) is 0 Å². The zero-order valence-corrected chi connectivity index (χ0v) is 17.2. The summed E-state index contributed by atoms with van der Waals surface area (Å²) in [5, 5.41) is 4.01. The van der Waals surface area contributed by atoms with E-state index in [4.69, 9.17) is 5.73 Å². The number of hydrogen-bond donors (Lipinski definition) is 2. The molecule has 0 saturated heterocycles. The van der Waals surface area contributed by atoms with Gasteiger partial charge in [-0.1, -0.05) is 68.4 Å². The maximum Gasteiger partial charge on any atom is 0.0503 e. The lowest BCUT2D eigenvalue weighted by Gasteiger charge is -2.10. The number of aryl methyl sites for hydroxylation is 2. The molecule has 1 aromatic heterocycles. The third-order valence-corrected chi connectivity index (χ3v) is 5.89. The van der Waals surface area contributed by atoms with Gasteiger partial charge in [-0.3, -0.25) is 0 Å². The largest absolute Gasteiger partial charge is 0.354 e. The molecule has 28 heavy (non-hydrogen) atoms. The molecule has 1 heterocycles. The number of rotatable bonds is 6. The molecule has 0 aliphatic carbocycles. The standard InChI is InChI=1S/C26H30N2/c1-17(2)19-12-8-13-23-22(11-6-7-16-27)26(28-25(19)23)24-15-14-18(3)20-9-4-5-10-21(20)24/h4-5,8-10,12-15,17,28H,6-7,11,16,27H2,1-3H3. The summed E-state index contributed by atoms with van der Waals surface area (Å²) in [6.07, 6.45) is 3.23. The first-order chi connectivity index (χ1) is 13.6. The average molecular weight is 371 g/mol. The maximum atomic E-state index is 5.78. The fourth-order valence-corrected chi connectivity index (χ4v) is 4.38. The van der Waals surface area contributed by atoms with E-state index < -0.39 is 0 Å². The van der Waals surface area contributed by atoms with Crippen LogP contribution in [0.3, 0.4) is 0 Å². The SMILES string of the molecule is Cc1ccc(-c2[nH]c3c(C(C)C)cccc3c2CCCCN)c2ccccc12. The number of fused-ring (bicyclic) bond motifs is 2. The van der Waals surface area contributed by atoms with E-state index >= 15 is 0 Å².